The highest BCUT2D eigenvalue weighted by Crippen LogP contribution is 2.24. The molecule has 1 heterocycles. The van der Waals surface area contributed by atoms with Gasteiger partial charge >= 0.3 is 0 Å². The van der Waals surface area contributed by atoms with E-state index in [1.807, 2.05) is 42.2 Å². The number of pyridine rings is 1. The molecule has 0 amide bonds. The van der Waals surface area contributed by atoms with E-state index in [0.29, 0.717) is 0 Å². The Hall–Kier alpha value is -1.48. The quantitative estimate of drug-likeness (QED) is 0.662. The number of aromatic nitrogens is 1. The van der Waals surface area contributed by atoms with Crippen molar-refractivity contribution in [3.8, 4) is 0 Å². The highest BCUT2D eigenvalue weighted by atomic mass is 32.2. The van der Waals surface area contributed by atoms with E-state index in [2.05, 4.69) is 24.0 Å². The zero-order chi connectivity index (χ0) is 12.1. The van der Waals surface area contributed by atoms with E-state index in [4.69, 9.17) is 5.73 Å². The number of hydrogen-bond donors (Lipinski definition) is 1. The summed E-state index contributed by atoms with van der Waals surface area (Å²) in [4.78, 5) is 5.61. The van der Waals surface area contributed by atoms with Crippen LogP contribution < -0.4 is 5.73 Å². The highest BCUT2D eigenvalue weighted by molar-refractivity contribution is 7.99. The van der Waals surface area contributed by atoms with Gasteiger partial charge in [0, 0.05) is 28.2 Å². The van der Waals surface area contributed by atoms with Crippen molar-refractivity contribution in [2.75, 3.05) is 11.5 Å². The number of hydrogen-bond acceptors (Lipinski definition) is 3. The summed E-state index contributed by atoms with van der Waals surface area (Å²) >= 11 is 1.86. The minimum absolute atomic E-state index is 0.830. The minimum Gasteiger partial charge on any atom is -0.399 e. The van der Waals surface area contributed by atoms with Gasteiger partial charge in [-0.15, -0.1) is 11.8 Å². The van der Waals surface area contributed by atoms with E-state index in [9.17, 15) is 0 Å². The standard InChI is InChI=1S/C14H16N2S/c1-11-10-12(15)5-6-14(11)17-9-7-13-4-2-3-8-16-13/h2-6,8,10H,7,9,15H2,1H3. The summed E-state index contributed by atoms with van der Waals surface area (Å²) in [5, 5.41) is 0. The molecule has 0 saturated carbocycles. The van der Waals surface area contributed by atoms with Crippen LogP contribution in [-0.4, -0.2) is 10.7 Å². The lowest BCUT2D eigenvalue weighted by Gasteiger charge is -2.06. The molecule has 0 atom stereocenters. The number of rotatable bonds is 4. The maximum atomic E-state index is 5.73. The number of nitrogens with two attached hydrogens (primary N) is 1. The van der Waals surface area contributed by atoms with E-state index in [0.717, 1.165) is 23.6 Å². The predicted octanol–water partition coefficient (Wildman–Crippen LogP) is 3.31. The van der Waals surface area contributed by atoms with Crippen molar-refractivity contribution in [3.63, 3.8) is 0 Å². The lowest BCUT2D eigenvalue weighted by molar-refractivity contribution is 1.05. The molecule has 2 nitrogen and oxygen atoms in total. The minimum atomic E-state index is 0.830. The van der Waals surface area contributed by atoms with Crippen molar-refractivity contribution in [1.82, 2.24) is 4.98 Å². The first-order chi connectivity index (χ1) is 8.25. The first-order valence-corrected chi connectivity index (χ1v) is 6.63. The summed E-state index contributed by atoms with van der Waals surface area (Å²) in [5.41, 5.74) is 8.95. The molecule has 0 saturated heterocycles. The van der Waals surface area contributed by atoms with E-state index in [1.54, 1.807) is 0 Å². The molecule has 0 unspecified atom stereocenters. The van der Waals surface area contributed by atoms with Crippen LogP contribution in [0.25, 0.3) is 0 Å². The Morgan fingerprint density at radius 1 is 1.24 bits per heavy atom. The van der Waals surface area contributed by atoms with Crippen LogP contribution in [0, 0.1) is 6.92 Å². The lowest BCUT2D eigenvalue weighted by Crippen LogP contribution is -1.93. The zero-order valence-electron chi connectivity index (χ0n) is 9.89. The second-order valence-electron chi connectivity index (χ2n) is 3.94. The number of nitrogens with zero attached hydrogens (tertiary/aromatic N) is 1. The molecular formula is C14H16N2S. The van der Waals surface area contributed by atoms with Gasteiger partial charge in [-0.2, -0.15) is 0 Å². The van der Waals surface area contributed by atoms with E-state index < -0.39 is 0 Å². The average Bonchev–Trinajstić information content (AvgIpc) is 2.33. The third-order valence-corrected chi connectivity index (χ3v) is 3.72. The van der Waals surface area contributed by atoms with Gasteiger partial charge < -0.3 is 5.73 Å². The van der Waals surface area contributed by atoms with Crippen LogP contribution in [0.4, 0.5) is 5.69 Å². The van der Waals surface area contributed by atoms with Crippen molar-refractivity contribution >= 4 is 17.4 Å². The number of aryl methyl sites for hydroxylation is 2. The van der Waals surface area contributed by atoms with Crippen LogP contribution in [0.2, 0.25) is 0 Å². The molecule has 0 aliphatic carbocycles. The van der Waals surface area contributed by atoms with Crippen LogP contribution in [0.3, 0.4) is 0 Å². The van der Waals surface area contributed by atoms with Gasteiger partial charge in [0.25, 0.3) is 0 Å². The van der Waals surface area contributed by atoms with Gasteiger partial charge in [0.1, 0.15) is 0 Å². The Balaban J connectivity index is 1.90. The summed E-state index contributed by atoms with van der Waals surface area (Å²) in [5.74, 6) is 1.04. The van der Waals surface area contributed by atoms with Gasteiger partial charge in [0.2, 0.25) is 0 Å². The smallest absolute Gasteiger partial charge is 0.0411 e. The zero-order valence-corrected chi connectivity index (χ0v) is 10.7. The number of thioether (sulfide) groups is 1. The fourth-order valence-corrected chi connectivity index (χ4v) is 2.63. The fourth-order valence-electron chi connectivity index (χ4n) is 1.65. The molecule has 3 heteroatoms. The molecule has 2 aromatic rings. The molecule has 17 heavy (non-hydrogen) atoms. The third kappa shape index (κ3) is 3.49. The summed E-state index contributed by atoms with van der Waals surface area (Å²) in [7, 11) is 0. The van der Waals surface area contributed by atoms with Gasteiger partial charge in [0.05, 0.1) is 0 Å². The summed E-state index contributed by atoms with van der Waals surface area (Å²) in [6.45, 7) is 2.10. The van der Waals surface area contributed by atoms with E-state index >= 15 is 0 Å². The largest absolute Gasteiger partial charge is 0.399 e. The molecule has 0 bridgehead atoms. The topological polar surface area (TPSA) is 38.9 Å². The third-order valence-electron chi connectivity index (χ3n) is 2.54. The van der Waals surface area contributed by atoms with Crippen molar-refractivity contribution in [2.24, 2.45) is 0 Å². The molecule has 2 N–H and O–H groups in total. The van der Waals surface area contributed by atoms with E-state index in [1.165, 1.54) is 10.5 Å². The Morgan fingerprint density at radius 3 is 2.82 bits per heavy atom. The van der Waals surface area contributed by atoms with Gasteiger partial charge in [-0.1, -0.05) is 6.07 Å². The van der Waals surface area contributed by atoms with Gasteiger partial charge in [0.15, 0.2) is 0 Å². The molecule has 0 radical (unpaired) electrons. The average molecular weight is 244 g/mol. The first-order valence-electron chi connectivity index (χ1n) is 5.64. The Bertz CT molecular complexity index is 483. The Morgan fingerprint density at radius 2 is 2.12 bits per heavy atom. The SMILES string of the molecule is Cc1cc(N)ccc1SCCc1ccccn1. The lowest BCUT2D eigenvalue weighted by atomic mass is 10.2. The number of anilines is 1. The van der Waals surface area contributed by atoms with Gasteiger partial charge in [-0.25, -0.2) is 0 Å². The van der Waals surface area contributed by atoms with Gasteiger partial charge in [-0.05, 0) is 49.2 Å². The molecule has 88 valence electrons. The normalized spacial score (nSPS) is 10.4. The van der Waals surface area contributed by atoms with Crippen LogP contribution in [0.1, 0.15) is 11.3 Å². The van der Waals surface area contributed by atoms with Crippen molar-refractivity contribution in [3.05, 3.63) is 53.9 Å². The molecular weight excluding hydrogens is 228 g/mol. The second kappa shape index (κ2) is 5.73. The Kier molecular flexibility index (Phi) is 4.04. The maximum absolute atomic E-state index is 5.73. The summed E-state index contributed by atoms with van der Waals surface area (Å²) in [6.07, 6.45) is 2.84. The highest BCUT2D eigenvalue weighted by Gasteiger charge is 2.00. The molecule has 0 fully saturated rings. The molecule has 0 aliphatic rings. The van der Waals surface area contributed by atoms with Crippen LogP contribution in [-0.2, 0) is 6.42 Å². The molecule has 1 aromatic heterocycles. The van der Waals surface area contributed by atoms with Crippen molar-refractivity contribution in [1.29, 1.82) is 0 Å². The molecule has 0 spiro atoms. The monoisotopic (exact) mass is 244 g/mol. The van der Waals surface area contributed by atoms with Crippen LogP contribution in [0.5, 0.6) is 0 Å². The van der Waals surface area contributed by atoms with Crippen molar-refractivity contribution in [2.45, 2.75) is 18.2 Å². The van der Waals surface area contributed by atoms with Crippen LogP contribution >= 0.6 is 11.8 Å². The molecule has 1 aromatic carbocycles. The predicted molar refractivity (Wildman–Crippen MR) is 74.3 cm³/mol. The van der Waals surface area contributed by atoms with Crippen LogP contribution in [0.15, 0.2) is 47.5 Å². The molecule has 0 aliphatic heterocycles. The first kappa shape index (κ1) is 12.0. The fraction of sp³-hybridized carbons (Fsp3) is 0.214. The Labute approximate surface area is 106 Å². The number of benzene rings is 1. The second-order valence-corrected chi connectivity index (χ2v) is 5.08. The summed E-state index contributed by atoms with van der Waals surface area (Å²) < 4.78 is 0. The van der Waals surface area contributed by atoms with E-state index in [-0.39, 0.29) is 0 Å². The molecule has 2 rings (SSSR count). The van der Waals surface area contributed by atoms with Gasteiger partial charge in [-0.3, -0.25) is 4.98 Å². The van der Waals surface area contributed by atoms with Crippen molar-refractivity contribution < 1.29 is 0 Å². The maximum Gasteiger partial charge on any atom is 0.0411 e. The summed E-state index contributed by atoms with van der Waals surface area (Å²) in [6, 6.07) is 12.1. The number of nitrogen functional groups attached to an aromatic ring is 1.